The zero-order valence-electron chi connectivity index (χ0n) is 9.22. The Bertz CT molecular complexity index is 362. The van der Waals surface area contributed by atoms with Crippen LogP contribution in [-0.2, 0) is 0 Å². The van der Waals surface area contributed by atoms with Gasteiger partial charge in [0.25, 0.3) is 0 Å². The maximum absolute atomic E-state index is 3.64. The molecule has 1 fully saturated rings. The molecule has 0 atom stereocenters. The van der Waals surface area contributed by atoms with E-state index in [1.807, 2.05) is 11.3 Å². The summed E-state index contributed by atoms with van der Waals surface area (Å²) in [4.78, 5) is 1.37. The lowest BCUT2D eigenvalue weighted by atomic mass is 9.84. The zero-order valence-corrected chi connectivity index (χ0v) is 13.2. The summed E-state index contributed by atoms with van der Waals surface area (Å²) in [6, 6.07) is 4.32. The van der Waals surface area contributed by atoms with Crippen molar-refractivity contribution >= 4 is 49.3 Å². The molecule has 0 bridgehead atoms. The molecule has 1 aromatic rings. The van der Waals surface area contributed by atoms with Crippen LogP contribution in [0.4, 0.5) is 0 Å². The molecule has 0 nitrogen and oxygen atoms in total. The lowest BCUT2D eigenvalue weighted by Crippen LogP contribution is -2.09. The molecule has 2 rings (SSSR count). The highest BCUT2D eigenvalue weighted by Crippen LogP contribution is 2.33. The fourth-order valence-electron chi connectivity index (χ4n) is 2.33. The van der Waals surface area contributed by atoms with Gasteiger partial charge in [-0.05, 0) is 52.9 Å². The third-order valence-corrected chi connectivity index (χ3v) is 5.42. The van der Waals surface area contributed by atoms with E-state index in [9.17, 15) is 0 Å². The molecule has 0 spiro atoms. The highest BCUT2D eigenvalue weighted by Gasteiger charge is 2.17. The highest BCUT2D eigenvalue weighted by molar-refractivity contribution is 9.11. The Morgan fingerprint density at radius 1 is 1.31 bits per heavy atom. The molecule has 16 heavy (non-hydrogen) atoms. The van der Waals surface area contributed by atoms with Crippen molar-refractivity contribution in [1.29, 1.82) is 0 Å². The van der Waals surface area contributed by atoms with Crippen molar-refractivity contribution in [3.8, 4) is 0 Å². The number of allylic oxidation sites excluding steroid dienone is 1. The average Bonchev–Trinajstić information content (AvgIpc) is 2.73. The first kappa shape index (κ1) is 12.8. The van der Waals surface area contributed by atoms with E-state index in [4.69, 9.17) is 0 Å². The van der Waals surface area contributed by atoms with Crippen molar-refractivity contribution in [2.75, 3.05) is 5.33 Å². The van der Waals surface area contributed by atoms with Gasteiger partial charge in [0.2, 0.25) is 0 Å². The van der Waals surface area contributed by atoms with Crippen LogP contribution >= 0.6 is 43.2 Å². The SMILES string of the molecule is BrCC(=Cc1ccc(Br)s1)C1CCCCC1. The number of halogens is 2. The van der Waals surface area contributed by atoms with Crippen LogP contribution in [0.3, 0.4) is 0 Å². The highest BCUT2D eigenvalue weighted by atomic mass is 79.9. The van der Waals surface area contributed by atoms with Gasteiger partial charge in [-0.1, -0.05) is 40.8 Å². The van der Waals surface area contributed by atoms with E-state index in [0.29, 0.717) is 0 Å². The summed E-state index contributed by atoms with van der Waals surface area (Å²) in [7, 11) is 0. The van der Waals surface area contributed by atoms with Gasteiger partial charge in [0.15, 0.2) is 0 Å². The predicted octanol–water partition coefficient (Wildman–Crippen LogP) is 5.87. The second-order valence-electron chi connectivity index (χ2n) is 4.33. The molecule has 1 saturated carbocycles. The summed E-state index contributed by atoms with van der Waals surface area (Å²) >= 11 is 8.97. The van der Waals surface area contributed by atoms with Crippen molar-refractivity contribution in [3.05, 3.63) is 26.4 Å². The van der Waals surface area contributed by atoms with Gasteiger partial charge < -0.3 is 0 Å². The van der Waals surface area contributed by atoms with Gasteiger partial charge in [-0.3, -0.25) is 0 Å². The van der Waals surface area contributed by atoms with E-state index >= 15 is 0 Å². The van der Waals surface area contributed by atoms with Crippen LogP contribution in [0.1, 0.15) is 37.0 Å². The third kappa shape index (κ3) is 3.44. The molecular weight excluding hydrogens is 348 g/mol. The van der Waals surface area contributed by atoms with Gasteiger partial charge in [0.1, 0.15) is 0 Å². The molecule has 0 N–H and O–H groups in total. The first-order valence-corrected chi connectivity index (χ1v) is 8.54. The van der Waals surface area contributed by atoms with E-state index in [1.54, 1.807) is 5.57 Å². The van der Waals surface area contributed by atoms with Crippen molar-refractivity contribution in [1.82, 2.24) is 0 Å². The van der Waals surface area contributed by atoms with Crippen LogP contribution < -0.4 is 0 Å². The molecule has 0 aliphatic heterocycles. The number of hydrogen-bond acceptors (Lipinski definition) is 1. The Morgan fingerprint density at radius 3 is 2.62 bits per heavy atom. The molecular formula is C13H16Br2S. The number of alkyl halides is 1. The summed E-state index contributed by atoms with van der Waals surface area (Å²) in [6.07, 6.45) is 9.37. The molecule has 88 valence electrons. The number of hydrogen-bond donors (Lipinski definition) is 0. The number of rotatable bonds is 3. The average molecular weight is 364 g/mol. The van der Waals surface area contributed by atoms with Crippen LogP contribution in [0, 0.1) is 5.92 Å². The summed E-state index contributed by atoms with van der Waals surface area (Å²) in [5.74, 6) is 0.814. The summed E-state index contributed by atoms with van der Waals surface area (Å²) < 4.78 is 1.22. The van der Waals surface area contributed by atoms with Crippen LogP contribution in [0.5, 0.6) is 0 Å². The summed E-state index contributed by atoms with van der Waals surface area (Å²) in [5.41, 5.74) is 1.58. The monoisotopic (exact) mass is 362 g/mol. The van der Waals surface area contributed by atoms with Crippen molar-refractivity contribution < 1.29 is 0 Å². The first-order chi connectivity index (χ1) is 7.79. The lowest BCUT2D eigenvalue weighted by molar-refractivity contribution is 0.406. The second-order valence-corrected chi connectivity index (χ2v) is 7.39. The van der Waals surface area contributed by atoms with Crippen LogP contribution in [0.2, 0.25) is 0 Å². The molecule has 0 aromatic carbocycles. The molecule has 1 heterocycles. The Balaban J connectivity index is 2.11. The minimum Gasteiger partial charge on any atom is -0.129 e. The summed E-state index contributed by atoms with van der Waals surface area (Å²) in [6.45, 7) is 0. The Hall–Kier alpha value is 0.400. The van der Waals surface area contributed by atoms with Crippen LogP contribution in [0.15, 0.2) is 21.5 Å². The molecule has 1 aliphatic rings. The largest absolute Gasteiger partial charge is 0.129 e. The van der Waals surface area contributed by atoms with Crippen LogP contribution in [0.25, 0.3) is 6.08 Å². The maximum atomic E-state index is 3.64. The molecule has 0 saturated heterocycles. The second kappa shape index (κ2) is 6.36. The standard InChI is InChI=1S/C13H16Br2S/c14-9-11(10-4-2-1-3-5-10)8-12-6-7-13(15)16-12/h6-8,10H,1-5,9H2. The van der Waals surface area contributed by atoms with Crippen LogP contribution in [-0.4, -0.2) is 5.33 Å². The molecule has 0 amide bonds. The maximum Gasteiger partial charge on any atom is 0.0704 e. The zero-order chi connectivity index (χ0) is 11.4. The third-order valence-electron chi connectivity index (χ3n) is 3.21. The molecule has 1 aliphatic carbocycles. The van der Waals surface area contributed by atoms with Gasteiger partial charge in [-0.25, -0.2) is 0 Å². The minimum atomic E-state index is 0.814. The van der Waals surface area contributed by atoms with Gasteiger partial charge in [0, 0.05) is 10.2 Å². The quantitative estimate of drug-likeness (QED) is 0.589. The van der Waals surface area contributed by atoms with Crippen molar-refractivity contribution in [2.45, 2.75) is 32.1 Å². The molecule has 3 heteroatoms. The summed E-state index contributed by atoms with van der Waals surface area (Å²) in [5, 5.41) is 1.02. The fourth-order valence-corrected chi connectivity index (χ4v) is 4.35. The Kier molecular flexibility index (Phi) is 5.11. The topological polar surface area (TPSA) is 0 Å². The van der Waals surface area contributed by atoms with E-state index in [0.717, 1.165) is 11.2 Å². The minimum absolute atomic E-state index is 0.814. The van der Waals surface area contributed by atoms with E-state index in [-0.39, 0.29) is 0 Å². The van der Waals surface area contributed by atoms with Crippen molar-refractivity contribution in [2.24, 2.45) is 5.92 Å². The predicted molar refractivity (Wildman–Crippen MR) is 80.4 cm³/mol. The van der Waals surface area contributed by atoms with Gasteiger partial charge in [-0.15, -0.1) is 11.3 Å². The van der Waals surface area contributed by atoms with Crippen molar-refractivity contribution in [3.63, 3.8) is 0 Å². The van der Waals surface area contributed by atoms with Gasteiger partial charge in [-0.2, -0.15) is 0 Å². The smallest absolute Gasteiger partial charge is 0.0704 e. The van der Waals surface area contributed by atoms with Gasteiger partial charge in [0.05, 0.1) is 3.79 Å². The van der Waals surface area contributed by atoms with E-state index in [2.05, 4.69) is 50.1 Å². The molecule has 1 aromatic heterocycles. The fraction of sp³-hybridized carbons (Fsp3) is 0.538. The van der Waals surface area contributed by atoms with E-state index in [1.165, 1.54) is 40.8 Å². The van der Waals surface area contributed by atoms with E-state index < -0.39 is 0 Å². The normalized spacial score (nSPS) is 19.0. The Morgan fingerprint density at radius 2 is 2.06 bits per heavy atom. The number of thiophene rings is 1. The first-order valence-electron chi connectivity index (χ1n) is 5.81. The van der Waals surface area contributed by atoms with Gasteiger partial charge >= 0.3 is 0 Å². The molecule has 0 radical (unpaired) electrons. The lowest BCUT2D eigenvalue weighted by Gasteiger charge is -2.23. The Labute approximate surface area is 118 Å². The molecule has 0 unspecified atom stereocenters.